The van der Waals surface area contributed by atoms with E-state index in [1.807, 2.05) is 19.9 Å². The molecular weight excluding hydrogens is 410 g/mol. The molecule has 2 aromatic rings. The average molecular weight is 437 g/mol. The van der Waals surface area contributed by atoms with Crippen molar-refractivity contribution in [2.45, 2.75) is 39.7 Å². The van der Waals surface area contributed by atoms with Crippen molar-refractivity contribution < 1.29 is 23.9 Å². The van der Waals surface area contributed by atoms with Gasteiger partial charge in [-0.05, 0) is 43.2 Å². The van der Waals surface area contributed by atoms with Gasteiger partial charge in [-0.15, -0.1) is 0 Å². The van der Waals surface area contributed by atoms with Crippen LogP contribution in [0.1, 0.15) is 42.6 Å². The lowest BCUT2D eigenvalue weighted by atomic mass is 10.1. The van der Waals surface area contributed by atoms with Gasteiger partial charge in [-0.3, -0.25) is 24.6 Å². The molecule has 0 saturated carbocycles. The van der Waals surface area contributed by atoms with Crippen molar-refractivity contribution in [2.75, 3.05) is 12.0 Å². The molecule has 1 aliphatic heterocycles. The van der Waals surface area contributed by atoms with Crippen LogP contribution in [0.25, 0.3) is 0 Å². The van der Waals surface area contributed by atoms with Gasteiger partial charge in [-0.1, -0.05) is 38.1 Å². The normalized spacial score (nSPS) is 16.6. The summed E-state index contributed by atoms with van der Waals surface area (Å²) in [5, 5.41) is 1.02. The van der Waals surface area contributed by atoms with Crippen LogP contribution in [0.5, 0.6) is 5.75 Å². The van der Waals surface area contributed by atoms with Crippen LogP contribution in [-0.4, -0.2) is 41.8 Å². The second-order valence-electron chi connectivity index (χ2n) is 7.79. The van der Waals surface area contributed by atoms with Crippen LogP contribution < -0.4 is 15.1 Å². The molecule has 8 nitrogen and oxygen atoms in total. The van der Waals surface area contributed by atoms with Crippen molar-refractivity contribution >= 4 is 29.3 Å². The number of nitrogens with one attached hydrogen (secondary N) is 1. The molecule has 0 aromatic heterocycles. The Bertz CT molecular complexity index is 1040. The van der Waals surface area contributed by atoms with Crippen LogP contribution in [0.2, 0.25) is 0 Å². The van der Waals surface area contributed by atoms with E-state index in [1.165, 1.54) is 7.11 Å². The molecule has 0 aliphatic carbocycles. The van der Waals surface area contributed by atoms with Crippen molar-refractivity contribution in [3.63, 3.8) is 0 Å². The lowest BCUT2D eigenvalue weighted by Crippen LogP contribution is -2.56. The summed E-state index contributed by atoms with van der Waals surface area (Å²) >= 11 is 0. The SMILES string of the molecule is CC[C@@H](C)C(=O)N(NC(=O)c1ccccc1)[C@H]1CC(=O)N(c2cc(C)ccc2OC)C1=O. The molecule has 2 aromatic carbocycles. The van der Waals surface area contributed by atoms with Crippen molar-refractivity contribution in [3.05, 3.63) is 59.7 Å². The maximum Gasteiger partial charge on any atom is 0.269 e. The molecule has 0 radical (unpaired) electrons. The minimum absolute atomic E-state index is 0.243. The van der Waals surface area contributed by atoms with E-state index in [4.69, 9.17) is 4.74 Å². The summed E-state index contributed by atoms with van der Waals surface area (Å²) in [6.45, 7) is 5.39. The van der Waals surface area contributed by atoms with Gasteiger partial charge in [-0.2, -0.15) is 0 Å². The first kappa shape index (κ1) is 23.0. The van der Waals surface area contributed by atoms with E-state index in [0.29, 0.717) is 23.4 Å². The third kappa shape index (κ3) is 4.49. The smallest absolute Gasteiger partial charge is 0.269 e. The fraction of sp³-hybridized carbons (Fsp3) is 0.333. The van der Waals surface area contributed by atoms with E-state index in [2.05, 4.69) is 5.43 Å². The molecule has 0 bridgehead atoms. The van der Waals surface area contributed by atoms with Crippen LogP contribution in [0, 0.1) is 12.8 Å². The van der Waals surface area contributed by atoms with Gasteiger partial charge in [0.25, 0.3) is 11.8 Å². The lowest BCUT2D eigenvalue weighted by Gasteiger charge is -2.30. The molecule has 8 heteroatoms. The number of benzene rings is 2. The first-order valence-electron chi connectivity index (χ1n) is 10.5. The number of imide groups is 1. The second-order valence-corrected chi connectivity index (χ2v) is 7.79. The molecule has 2 atom stereocenters. The number of carbonyl (C=O) groups is 4. The first-order chi connectivity index (χ1) is 15.3. The molecule has 1 heterocycles. The Morgan fingerprint density at radius 3 is 2.50 bits per heavy atom. The summed E-state index contributed by atoms with van der Waals surface area (Å²) < 4.78 is 5.33. The number of nitrogens with zero attached hydrogens (tertiary/aromatic N) is 2. The summed E-state index contributed by atoms with van der Waals surface area (Å²) in [5.41, 5.74) is 4.06. The summed E-state index contributed by atoms with van der Waals surface area (Å²) in [4.78, 5) is 53.2. The second kappa shape index (κ2) is 9.64. The largest absolute Gasteiger partial charge is 0.495 e. The van der Waals surface area contributed by atoms with Crippen molar-refractivity contribution in [1.82, 2.24) is 10.4 Å². The number of aryl methyl sites for hydroxylation is 1. The molecule has 1 aliphatic rings. The molecule has 0 unspecified atom stereocenters. The number of carbonyl (C=O) groups excluding carboxylic acids is 4. The summed E-state index contributed by atoms with van der Waals surface area (Å²) in [6.07, 6.45) is 0.272. The monoisotopic (exact) mass is 437 g/mol. The Balaban J connectivity index is 1.96. The number of methoxy groups -OCH3 is 1. The third-order valence-corrected chi connectivity index (χ3v) is 5.54. The molecule has 32 heavy (non-hydrogen) atoms. The minimum atomic E-state index is -1.15. The number of hydrogen-bond donors (Lipinski definition) is 1. The summed E-state index contributed by atoms with van der Waals surface area (Å²) in [5.74, 6) is -2.11. The maximum atomic E-state index is 13.4. The fourth-order valence-electron chi connectivity index (χ4n) is 3.51. The van der Waals surface area contributed by atoms with Crippen LogP contribution in [0.3, 0.4) is 0 Å². The maximum absolute atomic E-state index is 13.4. The number of hydrogen-bond acceptors (Lipinski definition) is 5. The predicted octanol–water partition coefficient (Wildman–Crippen LogP) is 2.86. The standard InChI is InChI=1S/C24H27N3O5/c1-5-16(3)23(30)27(25-22(29)17-9-7-6-8-10-17)19-14-21(28)26(24(19)31)18-13-15(2)11-12-20(18)32-4/h6-13,16,19H,5,14H2,1-4H3,(H,25,29)/t16-,19+/m1/s1. The van der Waals surface area contributed by atoms with Gasteiger partial charge in [-0.25, -0.2) is 9.91 Å². The van der Waals surface area contributed by atoms with Gasteiger partial charge in [0.15, 0.2) is 0 Å². The minimum Gasteiger partial charge on any atom is -0.495 e. The predicted molar refractivity (Wildman–Crippen MR) is 119 cm³/mol. The van der Waals surface area contributed by atoms with Gasteiger partial charge in [0.2, 0.25) is 11.8 Å². The number of ether oxygens (including phenoxy) is 1. The number of anilines is 1. The van der Waals surface area contributed by atoms with Crippen LogP contribution in [0.4, 0.5) is 5.69 Å². The van der Waals surface area contributed by atoms with Crippen molar-refractivity contribution in [2.24, 2.45) is 5.92 Å². The fourth-order valence-corrected chi connectivity index (χ4v) is 3.51. The topological polar surface area (TPSA) is 96.0 Å². The highest BCUT2D eigenvalue weighted by molar-refractivity contribution is 6.23. The average Bonchev–Trinajstić information content (AvgIpc) is 3.10. The van der Waals surface area contributed by atoms with E-state index in [-0.39, 0.29) is 6.42 Å². The Morgan fingerprint density at radius 1 is 1.19 bits per heavy atom. The third-order valence-electron chi connectivity index (χ3n) is 5.54. The molecule has 4 amide bonds. The molecule has 1 fully saturated rings. The zero-order valence-corrected chi connectivity index (χ0v) is 18.6. The summed E-state index contributed by atoms with van der Waals surface area (Å²) in [7, 11) is 1.45. The van der Waals surface area contributed by atoms with E-state index in [9.17, 15) is 19.2 Å². The van der Waals surface area contributed by atoms with E-state index in [1.54, 1.807) is 49.4 Å². The van der Waals surface area contributed by atoms with Crippen molar-refractivity contribution in [3.8, 4) is 5.75 Å². The molecule has 3 rings (SSSR count). The van der Waals surface area contributed by atoms with Gasteiger partial charge in [0, 0.05) is 11.5 Å². The van der Waals surface area contributed by atoms with E-state index >= 15 is 0 Å². The quantitative estimate of drug-likeness (QED) is 0.554. The molecular formula is C24H27N3O5. The Hall–Kier alpha value is -3.68. The molecule has 1 N–H and O–H groups in total. The zero-order chi connectivity index (χ0) is 23.4. The molecule has 1 saturated heterocycles. The highest BCUT2D eigenvalue weighted by Gasteiger charge is 2.46. The lowest BCUT2D eigenvalue weighted by molar-refractivity contribution is -0.144. The van der Waals surface area contributed by atoms with E-state index in [0.717, 1.165) is 15.5 Å². The van der Waals surface area contributed by atoms with Crippen LogP contribution in [-0.2, 0) is 14.4 Å². The van der Waals surface area contributed by atoms with Gasteiger partial charge >= 0.3 is 0 Å². The number of hydrazine groups is 1. The Labute approximate surface area is 187 Å². The number of amides is 4. The summed E-state index contributed by atoms with van der Waals surface area (Å²) in [6, 6.07) is 12.4. The molecule has 0 spiro atoms. The molecule has 168 valence electrons. The van der Waals surface area contributed by atoms with Crippen LogP contribution >= 0.6 is 0 Å². The zero-order valence-electron chi connectivity index (χ0n) is 18.6. The van der Waals surface area contributed by atoms with Gasteiger partial charge < -0.3 is 4.74 Å². The van der Waals surface area contributed by atoms with E-state index < -0.39 is 35.6 Å². The first-order valence-corrected chi connectivity index (χ1v) is 10.5. The Kier molecular flexibility index (Phi) is 6.92. The highest BCUT2D eigenvalue weighted by Crippen LogP contribution is 2.34. The van der Waals surface area contributed by atoms with Gasteiger partial charge in [0.1, 0.15) is 11.8 Å². The van der Waals surface area contributed by atoms with Crippen molar-refractivity contribution in [1.29, 1.82) is 0 Å². The highest BCUT2D eigenvalue weighted by atomic mass is 16.5. The number of rotatable bonds is 6. The van der Waals surface area contributed by atoms with Crippen LogP contribution in [0.15, 0.2) is 48.5 Å². The van der Waals surface area contributed by atoms with Gasteiger partial charge in [0.05, 0.1) is 19.2 Å². The Morgan fingerprint density at radius 2 is 1.88 bits per heavy atom.